The van der Waals surface area contributed by atoms with Crippen molar-refractivity contribution < 1.29 is 34.5 Å². The minimum atomic E-state index is -1.03. The molecule has 0 saturated carbocycles. The van der Waals surface area contributed by atoms with Gasteiger partial charge in [-0.15, -0.1) is 5.06 Å². The van der Waals surface area contributed by atoms with Crippen LogP contribution >= 0.6 is 0 Å². The van der Waals surface area contributed by atoms with Crippen molar-refractivity contribution in [1.82, 2.24) is 9.96 Å². The van der Waals surface area contributed by atoms with Crippen molar-refractivity contribution in [3.8, 4) is 0 Å². The van der Waals surface area contributed by atoms with E-state index >= 15 is 0 Å². The molecular weight excluding hydrogens is 392 g/mol. The molecule has 1 saturated heterocycles. The van der Waals surface area contributed by atoms with Gasteiger partial charge in [0, 0.05) is 32.4 Å². The number of imide groups is 1. The molecule has 0 spiro atoms. The van der Waals surface area contributed by atoms with Gasteiger partial charge in [-0.1, -0.05) is 26.0 Å². The summed E-state index contributed by atoms with van der Waals surface area (Å²) < 4.78 is 0. The lowest BCUT2D eigenvalue weighted by molar-refractivity contribution is -0.172. The van der Waals surface area contributed by atoms with E-state index < -0.39 is 36.1 Å². The van der Waals surface area contributed by atoms with Crippen molar-refractivity contribution in [3.63, 3.8) is 0 Å². The van der Waals surface area contributed by atoms with Crippen molar-refractivity contribution in [2.24, 2.45) is 5.92 Å². The zero-order valence-electron chi connectivity index (χ0n) is 17.5. The highest BCUT2D eigenvalue weighted by atomic mass is 16.7. The molecule has 2 rings (SSSR count). The molecule has 2 amide bonds. The van der Waals surface area contributed by atoms with Gasteiger partial charge in [0.15, 0.2) is 0 Å². The smallest absolute Gasteiger partial charge is 0.363 e. The Morgan fingerprint density at radius 2 is 1.60 bits per heavy atom. The van der Waals surface area contributed by atoms with Gasteiger partial charge >= 0.3 is 5.97 Å². The van der Waals surface area contributed by atoms with Gasteiger partial charge in [0.1, 0.15) is 0 Å². The quantitative estimate of drug-likeness (QED) is 0.464. The minimum Gasteiger partial charge on any atom is -0.393 e. The summed E-state index contributed by atoms with van der Waals surface area (Å²) in [6.45, 7) is 4.34. The summed E-state index contributed by atoms with van der Waals surface area (Å²) in [7, 11) is 1.78. The van der Waals surface area contributed by atoms with Crippen LogP contribution in [0.4, 0.5) is 0 Å². The summed E-state index contributed by atoms with van der Waals surface area (Å²) in [4.78, 5) is 41.9. The van der Waals surface area contributed by atoms with Gasteiger partial charge in [0.2, 0.25) is 0 Å². The molecule has 1 aromatic rings. The van der Waals surface area contributed by atoms with E-state index in [1.54, 1.807) is 19.2 Å². The van der Waals surface area contributed by atoms with Crippen LogP contribution in [0.5, 0.6) is 0 Å². The summed E-state index contributed by atoms with van der Waals surface area (Å²) >= 11 is 0. The third-order valence-corrected chi connectivity index (χ3v) is 5.02. The van der Waals surface area contributed by atoms with Gasteiger partial charge in [-0.3, -0.25) is 14.5 Å². The molecule has 9 nitrogen and oxygen atoms in total. The Bertz CT molecular complexity index is 734. The lowest BCUT2D eigenvalue weighted by atomic mass is 9.98. The summed E-state index contributed by atoms with van der Waals surface area (Å²) in [5, 5.41) is 30.6. The minimum absolute atomic E-state index is 0.00325. The van der Waals surface area contributed by atoms with E-state index in [4.69, 9.17) is 4.84 Å². The lowest BCUT2D eigenvalue weighted by Crippen LogP contribution is -2.39. The molecule has 1 aromatic carbocycles. The van der Waals surface area contributed by atoms with Gasteiger partial charge < -0.3 is 20.2 Å². The van der Waals surface area contributed by atoms with Crippen LogP contribution in [0.2, 0.25) is 0 Å². The van der Waals surface area contributed by atoms with E-state index in [-0.39, 0.29) is 37.3 Å². The molecule has 0 aliphatic carbocycles. The highest BCUT2D eigenvalue weighted by Crippen LogP contribution is 2.16. The number of carbonyl (C=O) groups excluding carboxylic acids is 3. The Hall–Kier alpha value is -2.33. The first-order chi connectivity index (χ1) is 14.1. The van der Waals surface area contributed by atoms with E-state index in [0.29, 0.717) is 11.6 Å². The number of benzene rings is 1. The van der Waals surface area contributed by atoms with Crippen molar-refractivity contribution in [2.75, 3.05) is 13.6 Å². The Labute approximate surface area is 175 Å². The maximum absolute atomic E-state index is 12.1. The SMILES string of the molecule is CC(C)C(O)C[C@H](O)C(O)CN(C)Cc1ccc(C(=O)ON2C(=O)CCC2=O)cc1. The average molecular weight is 422 g/mol. The second-order valence-corrected chi connectivity index (χ2v) is 8.04. The highest BCUT2D eigenvalue weighted by molar-refractivity contribution is 6.02. The molecule has 1 heterocycles. The summed E-state index contributed by atoms with van der Waals surface area (Å²) in [5.74, 6) is -1.86. The zero-order valence-corrected chi connectivity index (χ0v) is 17.5. The standard InChI is InChI=1S/C21H30N2O7/c1-13(2)16(24)10-17(25)18(26)12-22(3)11-14-4-6-15(7-5-14)21(29)30-23-19(27)8-9-20(23)28/h4-7,13,16-18,24-26H,8-12H2,1-3H3/t16?,17-,18?/m0/s1. The second kappa shape index (κ2) is 10.6. The Kier molecular flexibility index (Phi) is 8.48. The number of carbonyl (C=O) groups is 3. The fourth-order valence-corrected chi connectivity index (χ4v) is 3.03. The molecule has 0 aromatic heterocycles. The molecule has 9 heteroatoms. The third kappa shape index (κ3) is 6.60. The predicted molar refractivity (Wildman–Crippen MR) is 107 cm³/mol. The van der Waals surface area contributed by atoms with Crippen LogP contribution < -0.4 is 0 Å². The van der Waals surface area contributed by atoms with Gasteiger partial charge in [0.25, 0.3) is 11.8 Å². The molecule has 30 heavy (non-hydrogen) atoms. The number of aliphatic hydroxyl groups is 3. The van der Waals surface area contributed by atoms with Gasteiger partial charge in [-0.05, 0) is 30.7 Å². The van der Waals surface area contributed by atoms with Crippen LogP contribution in [-0.4, -0.2) is 75.0 Å². The normalized spacial score (nSPS) is 17.5. The second-order valence-electron chi connectivity index (χ2n) is 8.04. The monoisotopic (exact) mass is 422 g/mol. The predicted octanol–water partition coefficient (Wildman–Crippen LogP) is 0.468. The molecule has 2 unspecified atom stereocenters. The number of aliphatic hydroxyl groups excluding tert-OH is 3. The molecule has 0 bridgehead atoms. The molecule has 1 aliphatic heterocycles. The lowest BCUT2D eigenvalue weighted by Gasteiger charge is -2.26. The molecule has 166 valence electrons. The number of nitrogens with zero attached hydrogens (tertiary/aromatic N) is 2. The number of hydrogen-bond acceptors (Lipinski definition) is 8. The number of amides is 2. The van der Waals surface area contributed by atoms with Crippen LogP contribution in [0.3, 0.4) is 0 Å². The number of rotatable bonds is 10. The Morgan fingerprint density at radius 1 is 1.03 bits per heavy atom. The van der Waals surface area contributed by atoms with Crippen LogP contribution in [0.1, 0.15) is 49.0 Å². The van der Waals surface area contributed by atoms with Crippen molar-refractivity contribution in [3.05, 3.63) is 35.4 Å². The summed E-state index contributed by atoms with van der Waals surface area (Å²) in [6.07, 6.45) is -2.54. The molecule has 1 fully saturated rings. The van der Waals surface area contributed by atoms with E-state index in [1.807, 2.05) is 18.7 Å². The average Bonchev–Trinajstić information content (AvgIpc) is 3.00. The number of likely N-dealkylation sites (N-methyl/N-ethyl adjacent to an activating group) is 1. The first-order valence-electron chi connectivity index (χ1n) is 9.98. The topological polar surface area (TPSA) is 128 Å². The molecule has 0 radical (unpaired) electrons. The molecule has 3 N–H and O–H groups in total. The maximum Gasteiger partial charge on any atom is 0.363 e. The van der Waals surface area contributed by atoms with Crippen molar-refractivity contribution in [2.45, 2.75) is 58.0 Å². The largest absolute Gasteiger partial charge is 0.393 e. The summed E-state index contributed by atoms with van der Waals surface area (Å²) in [5.41, 5.74) is 1.05. The van der Waals surface area contributed by atoms with E-state index in [0.717, 1.165) is 5.56 Å². The third-order valence-electron chi connectivity index (χ3n) is 5.02. The number of hydroxylamine groups is 2. The van der Waals surface area contributed by atoms with Crippen LogP contribution in [0.25, 0.3) is 0 Å². The Balaban J connectivity index is 1.85. The number of hydrogen-bond donors (Lipinski definition) is 3. The van der Waals surface area contributed by atoms with Gasteiger partial charge in [0.05, 0.1) is 23.9 Å². The van der Waals surface area contributed by atoms with Crippen LogP contribution in [0.15, 0.2) is 24.3 Å². The van der Waals surface area contributed by atoms with Gasteiger partial charge in [-0.2, -0.15) is 0 Å². The van der Waals surface area contributed by atoms with Crippen LogP contribution in [-0.2, 0) is 21.0 Å². The maximum atomic E-state index is 12.1. The molecule has 3 atom stereocenters. The van der Waals surface area contributed by atoms with Crippen molar-refractivity contribution >= 4 is 17.8 Å². The van der Waals surface area contributed by atoms with Crippen LogP contribution in [0, 0.1) is 5.92 Å². The summed E-state index contributed by atoms with van der Waals surface area (Å²) in [6, 6.07) is 6.46. The fourth-order valence-electron chi connectivity index (χ4n) is 3.03. The van der Waals surface area contributed by atoms with E-state index in [9.17, 15) is 29.7 Å². The first-order valence-corrected chi connectivity index (χ1v) is 9.98. The Morgan fingerprint density at radius 3 is 2.13 bits per heavy atom. The van der Waals surface area contributed by atoms with E-state index in [1.165, 1.54) is 12.1 Å². The zero-order chi connectivity index (χ0) is 22.4. The molecular formula is C21H30N2O7. The van der Waals surface area contributed by atoms with E-state index in [2.05, 4.69) is 0 Å². The van der Waals surface area contributed by atoms with Gasteiger partial charge in [-0.25, -0.2) is 4.79 Å². The molecule has 1 aliphatic rings. The van der Waals surface area contributed by atoms with Crippen molar-refractivity contribution in [1.29, 1.82) is 0 Å². The first kappa shape index (κ1) is 23.9. The highest BCUT2D eigenvalue weighted by Gasteiger charge is 2.33. The fraction of sp³-hybridized carbons (Fsp3) is 0.571.